The number of ether oxygens (including phenoxy) is 1. The van der Waals surface area contributed by atoms with E-state index in [2.05, 4.69) is 17.1 Å². The molecule has 0 aromatic carbocycles. The summed E-state index contributed by atoms with van der Waals surface area (Å²) >= 11 is 0. The zero-order valence-electron chi connectivity index (χ0n) is 9.38. The first-order valence-corrected chi connectivity index (χ1v) is 5.45. The Morgan fingerprint density at radius 2 is 2.33 bits per heavy atom. The molecule has 1 rings (SSSR count). The first-order valence-electron chi connectivity index (χ1n) is 5.45. The van der Waals surface area contributed by atoms with E-state index < -0.39 is 0 Å². The van der Waals surface area contributed by atoms with Crippen molar-refractivity contribution in [3.8, 4) is 0 Å². The minimum Gasteiger partial charge on any atom is -0.466 e. The fourth-order valence-corrected chi connectivity index (χ4v) is 1.35. The van der Waals surface area contributed by atoms with E-state index in [1.807, 2.05) is 6.07 Å². The molecule has 4 nitrogen and oxygen atoms in total. The summed E-state index contributed by atoms with van der Waals surface area (Å²) in [6.45, 7) is 4.37. The van der Waals surface area contributed by atoms with Gasteiger partial charge in [-0.3, -0.25) is 9.89 Å². The van der Waals surface area contributed by atoms with Gasteiger partial charge in [-0.1, -0.05) is 13.3 Å². The summed E-state index contributed by atoms with van der Waals surface area (Å²) in [5.41, 5.74) is 1.86. The third kappa shape index (κ3) is 4.14. The summed E-state index contributed by atoms with van der Waals surface area (Å²) in [6, 6.07) is 1.94. The van der Waals surface area contributed by atoms with Gasteiger partial charge in [0.05, 0.1) is 18.7 Å². The minimum atomic E-state index is -0.205. The predicted octanol–water partition coefficient (Wildman–Crippen LogP) is 1.86. The molecule has 0 saturated carbocycles. The molecule has 0 aliphatic heterocycles. The molecule has 0 atom stereocenters. The van der Waals surface area contributed by atoms with Crippen LogP contribution in [0.15, 0.2) is 6.07 Å². The van der Waals surface area contributed by atoms with E-state index in [-0.39, 0.29) is 12.4 Å². The van der Waals surface area contributed by atoms with Gasteiger partial charge in [0, 0.05) is 5.69 Å². The lowest BCUT2D eigenvalue weighted by Gasteiger charge is -1.97. The zero-order chi connectivity index (χ0) is 11.1. The van der Waals surface area contributed by atoms with Gasteiger partial charge in [0.1, 0.15) is 0 Å². The Labute approximate surface area is 90.0 Å². The van der Waals surface area contributed by atoms with E-state index in [4.69, 9.17) is 4.74 Å². The SMILES string of the molecule is CCCCc1cc(CC(=O)OCC)[nH]n1. The Morgan fingerprint density at radius 3 is 3.00 bits per heavy atom. The average Bonchev–Trinajstić information content (AvgIpc) is 2.63. The van der Waals surface area contributed by atoms with Gasteiger partial charge in [0.25, 0.3) is 0 Å². The molecule has 15 heavy (non-hydrogen) atoms. The molecule has 0 radical (unpaired) electrons. The molecule has 0 fully saturated rings. The van der Waals surface area contributed by atoms with Crippen molar-refractivity contribution in [3.05, 3.63) is 17.5 Å². The third-order valence-electron chi connectivity index (χ3n) is 2.11. The van der Waals surface area contributed by atoms with Gasteiger partial charge in [-0.2, -0.15) is 5.10 Å². The van der Waals surface area contributed by atoms with Crippen molar-refractivity contribution in [3.63, 3.8) is 0 Å². The van der Waals surface area contributed by atoms with Gasteiger partial charge in [-0.25, -0.2) is 0 Å². The Kier molecular flexibility index (Phi) is 4.87. The van der Waals surface area contributed by atoms with Crippen LogP contribution < -0.4 is 0 Å². The van der Waals surface area contributed by atoms with Gasteiger partial charge in [0.15, 0.2) is 0 Å². The summed E-state index contributed by atoms with van der Waals surface area (Å²) in [5, 5.41) is 6.99. The average molecular weight is 210 g/mol. The fourth-order valence-electron chi connectivity index (χ4n) is 1.35. The highest BCUT2D eigenvalue weighted by Crippen LogP contribution is 2.05. The zero-order valence-corrected chi connectivity index (χ0v) is 9.38. The number of carbonyl (C=O) groups excluding carboxylic acids is 1. The maximum Gasteiger partial charge on any atom is 0.311 e. The van der Waals surface area contributed by atoms with E-state index in [0.29, 0.717) is 6.61 Å². The largest absolute Gasteiger partial charge is 0.466 e. The highest BCUT2D eigenvalue weighted by atomic mass is 16.5. The summed E-state index contributed by atoms with van der Waals surface area (Å²) in [7, 11) is 0. The van der Waals surface area contributed by atoms with Crippen LogP contribution >= 0.6 is 0 Å². The van der Waals surface area contributed by atoms with Gasteiger partial charge >= 0.3 is 5.97 Å². The number of hydrogen-bond acceptors (Lipinski definition) is 3. The van der Waals surface area contributed by atoms with Gasteiger partial charge in [-0.15, -0.1) is 0 Å². The number of aryl methyl sites for hydroxylation is 1. The van der Waals surface area contributed by atoms with Crippen molar-refractivity contribution in [1.82, 2.24) is 10.2 Å². The van der Waals surface area contributed by atoms with Crippen LogP contribution in [0.5, 0.6) is 0 Å². The maximum atomic E-state index is 11.2. The third-order valence-corrected chi connectivity index (χ3v) is 2.11. The van der Waals surface area contributed by atoms with Crippen LogP contribution in [0.1, 0.15) is 38.1 Å². The normalized spacial score (nSPS) is 10.3. The van der Waals surface area contributed by atoms with Crippen molar-refractivity contribution < 1.29 is 9.53 Å². The predicted molar refractivity (Wildman–Crippen MR) is 57.5 cm³/mol. The molecule has 0 bridgehead atoms. The van der Waals surface area contributed by atoms with E-state index in [1.54, 1.807) is 6.92 Å². The molecule has 1 N–H and O–H groups in total. The number of aromatic nitrogens is 2. The monoisotopic (exact) mass is 210 g/mol. The van der Waals surface area contributed by atoms with Crippen molar-refractivity contribution in [2.24, 2.45) is 0 Å². The molecular formula is C11H18N2O2. The van der Waals surface area contributed by atoms with Crippen LogP contribution in [0.4, 0.5) is 0 Å². The lowest BCUT2D eigenvalue weighted by molar-refractivity contribution is -0.142. The van der Waals surface area contributed by atoms with Crippen LogP contribution in [0.25, 0.3) is 0 Å². The molecule has 1 aromatic rings. The van der Waals surface area contributed by atoms with Crippen LogP contribution in [0.3, 0.4) is 0 Å². The topological polar surface area (TPSA) is 55.0 Å². The second-order valence-corrected chi connectivity index (χ2v) is 3.47. The van der Waals surface area contributed by atoms with Crippen LogP contribution in [-0.2, 0) is 22.4 Å². The number of nitrogens with one attached hydrogen (secondary N) is 1. The number of H-pyrrole nitrogens is 1. The molecular weight excluding hydrogens is 192 g/mol. The number of aromatic amines is 1. The van der Waals surface area contributed by atoms with Crippen LogP contribution in [0.2, 0.25) is 0 Å². The second-order valence-electron chi connectivity index (χ2n) is 3.47. The Balaban J connectivity index is 2.42. The summed E-state index contributed by atoms with van der Waals surface area (Å²) in [4.78, 5) is 11.2. The molecule has 0 amide bonds. The molecule has 0 spiro atoms. The molecule has 0 aliphatic carbocycles. The van der Waals surface area contributed by atoms with Crippen molar-refractivity contribution in [1.29, 1.82) is 0 Å². The van der Waals surface area contributed by atoms with E-state index in [9.17, 15) is 4.79 Å². The van der Waals surface area contributed by atoms with E-state index in [0.717, 1.165) is 30.7 Å². The molecule has 1 aromatic heterocycles. The number of unbranched alkanes of at least 4 members (excludes halogenated alkanes) is 1. The molecule has 0 aliphatic rings. The quantitative estimate of drug-likeness (QED) is 0.729. The second kappa shape index (κ2) is 6.22. The first kappa shape index (κ1) is 11.8. The van der Waals surface area contributed by atoms with Gasteiger partial charge < -0.3 is 4.74 Å². The van der Waals surface area contributed by atoms with Gasteiger partial charge in [-0.05, 0) is 25.8 Å². The molecule has 84 valence electrons. The molecule has 1 heterocycles. The Bertz CT molecular complexity index is 307. The Morgan fingerprint density at radius 1 is 1.53 bits per heavy atom. The summed E-state index contributed by atoms with van der Waals surface area (Å²) in [5.74, 6) is -0.205. The highest BCUT2D eigenvalue weighted by Gasteiger charge is 2.06. The van der Waals surface area contributed by atoms with Gasteiger partial charge in [0.2, 0.25) is 0 Å². The van der Waals surface area contributed by atoms with E-state index >= 15 is 0 Å². The Hall–Kier alpha value is -1.32. The lowest BCUT2D eigenvalue weighted by atomic mass is 10.2. The highest BCUT2D eigenvalue weighted by molar-refractivity contribution is 5.71. The summed E-state index contributed by atoms with van der Waals surface area (Å²) < 4.78 is 4.85. The number of esters is 1. The fraction of sp³-hybridized carbons (Fsp3) is 0.636. The molecule has 0 saturated heterocycles. The maximum absolute atomic E-state index is 11.2. The first-order chi connectivity index (χ1) is 7.26. The van der Waals surface area contributed by atoms with Crippen LogP contribution in [-0.4, -0.2) is 22.8 Å². The van der Waals surface area contributed by atoms with Crippen LogP contribution in [0, 0.1) is 0 Å². The number of rotatable bonds is 6. The van der Waals surface area contributed by atoms with E-state index in [1.165, 1.54) is 0 Å². The number of nitrogens with zero attached hydrogens (tertiary/aromatic N) is 1. The van der Waals surface area contributed by atoms with Crippen molar-refractivity contribution in [2.45, 2.75) is 39.5 Å². The lowest BCUT2D eigenvalue weighted by Crippen LogP contribution is -2.07. The minimum absolute atomic E-state index is 0.205. The standard InChI is InChI=1S/C11H18N2O2/c1-3-5-6-9-7-10(13-12-9)8-11(14)15-4-2/h7H,3-6,8H2,1-2H3,(H,12,13). The number of hydrogen-bond donors (Lipinski definition) is 1. The van der Waals surface area contributed by atoms with Crippen molar-refractivity contribution in [2.75, 3.05) is 6.61 Å². The smallest absolute Gasteiger partial charge is 0.311 e. The van der Waals surface area contributed by atoms with Crippen molar-refractivity contribution >= 4 is 5.97 Å². The molecule has 0 unspecified atom stereocenters. The molecule has 4 heteroatoms. The number of carbonyl (C=O) groups is 1. The summed E-state index contributed by atoms with van der Waals surface area (Å²) in [6.07, 6.45) is 3.53.